The van der Waals surface area contributed by atoms with Crippen molar-refractivity contribution >= 4 is 22.6 Å². The molecular formula is C21H18FNO3. The standard InChI is InChI=1S/C21H18FNO3/c22-18-7-3-4-14(11-18)12-19(21(25)26)23-20(24)13-15-8-9-16-5-1-2-6-17(16)10-15/h1-11,19H,12-13H2,(H,23,24)(H,25,26)/t19-/m0/s1. The average molecular weight is 351 g/mol. The van der Waals surface area contributed by atoms with Crippen molar-refractivity contribution in [3.8, 4) is 0 Å². The quantitative estimate of drug-likeness (QED) is 0.716. The molecule has 0 saturated carbocycles. The van der Waals surface area contributed by atoms with Crippen LogP contribution in [0.5, 0.6) is 0 Å². The highest BCUT2D eigenvalue weighted by atomic mass is 19.1. The molecule has 0 aliphatic heterocycles. The molecule has 0 radical (unpaired) electrons. The third kappa shape index (κ3) is 4.45. The van der Waals surface area contributed by atoms with E-state index >= 15 is 0 Å². The maximum Gasteiger partial charge on any atom is 0.326 e. The number of halogens is 1. The van der Waals surface area contributed by atoms with Gasteiger partial charge in [0, 0.05) is 6.42 Å². The molecule has 0 heterocycles. The first-order valence-electron chi connectivity index (χ1n) is 8.25. The second-order valence-corrected chi connectivity index (χ2v) is 6.15. The van der Waals surface area contributed by atoms with E-state index < -0.39 is 17.8 Å². The number of carboxylic acid groups (broad SMARTS) is 1. The highest BCUT2D eigenvalue weighted by molar-refractivity contribution is 5.87. The Morgan fingerprint density at radius 1 is 0.923 bits per heavy atom. The molecule has 0 saturated heterocycles. The molecule has 0 aromatic heterocycles. The van der Waals surface area contributed by atoms with Crippen molar-refractivity contribution in [1.82, 2.24) is 5.32 Å². The molecule has 0 aliphatic carbocycles. The molecule has 0 unspecified atom stereocenters. The molecule has 2 N–H and O–H groups in total. The summed E-state index contributed by atoms with van der Waals surface area (Å²) in [6.45, 7) is 0. The van der Waals surface area contributed by atoms with Crippen molar-refractivity contribution in [1.29, 1.82) is 0 Å². The van der Waals surface area contributed by atoms with Gasteiger partial charge in [0.05, 0.1) is 6.42 Å². The lowest BCUT2D eigenvalue weighted by Gasteiger charge is -2.15. The highest BCUT2D eigenvalue weighted by Crippen LogP contribution is 2.16. The second kappa shape index (κ2) is 7.78. The van der Waals surface area contributed by atoms with Crippen LogP contribution in [-0.4, -0.2) is 23.0 Å². The molecule has 1 atom stereocenters. The molecule has 0 fully saturated rings. The van der Waals surface area contributed by atoms with Crippen LogP contribution in [-0.2, 0) is 22.4 Å². The number of carbonyl (C=O) groups excluding carboxylic acids is 1. The summed E-state index contributed by atoms with van der Waals surface area (Å²) in [5.74, 6) is -1.97. The summed E-state index contributed by atoms with van der Waals surface area (Å²) in [5, 5.41) is 14.0. The van der Waals surface area contributed by atoms with Gasteiger partial charge in [-0.2, -0.15) is 0 Å². The molecule has 0 bridgehead atoms. The topological polar surface area (TPSA) is 66.4 Å². The molecule has 3 rings (SSSR count). The Hall–Kier alpha value is -3.21. The number of nitrogens with one attached hydrogen (secondary N) is 1. The molecule has 5 heteroatoms. The summed E-state index contributed by atoms with van der Waals surface area (Å²) in [7, 11) is 0. The summed E-state index contributed by atoms with van der Waals surface area (Å²) < 4.78 is 13.3. The van der Waals surface area contributed by atoms with Crippen LogP contribution in [0.15, 0.2) is 66.7 Å². The van der Waals surface area contributed by atoms with Gasteiger partial charge in [0.2, 0.25) is 5.91 Å². The largest absolute Gasteiger partial charge is 0.480 e. The van der Waals surface area contributed by atoms with Gasteiger partial charge in [0.15, 0.2) is 0 Å². The second-order valence-electron chi connectivity index (χ2n) is 6.15. The van der Waals surface area contributed by atoms with Gasteiger partial charge in [0.1, 0.15) is 11.9 Å². The van der Waals surface area contributed by atoms with E-state index in [1.165, 1.54) is 18.2 Å². The maximum atomic E-state index is 13.3. The van der Waals surface area contributed by atoms with Gasteiger partial charge < -0.3 is 10.4 Å². The Kier molecular flexibility index (Phi) is 5.27. The third-order valence-corrected chi connectivity index (χ3v) is 4.14. The first kappa shape index (κ1) is 17.6. The Bertz CT molecular complexity index is 955. The van der Waals surface area contributed by atoms with Crippen LogP contribution < -0.4 is 5.32 Å². The lowest BCUT2D eigenvalue weighted by atomic mass is 10.0. The molecule has 1 amide bonds. The van der Waals surface area contributed by atoms with Crippen LogP contribution in [0.2, 0.25) is 0 Å². The zero-order chi connectivity index (χ0) is 18.5. The number of fused-ring (bicyclic) bond motifs is 1. The SMILES string of the molecule is O=C(Cc1ccc2ccccc2c1)N[C@@H](Cc1cccc(F)c1)C(=O)O. The van der Waals surface area contributed by atoms with E-state index in [0.29, 0.717) is 5.56 Å². The minimum absolute atomic E-state index is 0.0244. The Morgan fingerprint density at radius 3 is 2.42 bits per heavy atom. The fourth-order valence-electron chi connectivity index (χ4n) is 2.88. The number of carboxylic acids is 1. The van der Waals surface area contributed by atoms with Crippen molar-refractivity contribution < 1.29 is 19.1 Å². The predicted octanol–water partition coefficient (Wildman–Crippen LogP) is 3.33. The molecular weight excluding hydrogens is 333 g/mol. The van der Waals surface area contributed by atoms with Crippen molar-refractivity contribution in [2.45, 2.75) is 18.9 Å². The van der Waals surface area contributed by atoms with Crippen LogP contribution in [0.25, 0.3) is 10.8 Å². The number of hydrogen-bond donors (Lipinski definition) is 2. The average Bonchev–Trinajstić information content (AvgIpc) is 2.61. The van der Waals surface area contributed by atoms with Crippen LogP contribution in [0.1, 0.15) is 11.1 Å². The number of rotatable bonds is 6. The minimum atomic E-state index is -1.15. The van der Waals surface area contributed by atoms with E-state index in [0.717, 1.165) is 16.3 Å². The van der Waals surface area contributed by atoms with E-state index in [4.69, 9.17) is 0 Å². The number of hydrogen-bond acceptors (Lipinski definition) is 2. The number of amides is 1. The van der Waals surface area contributed by atoms with Gasteiger partial charge in [-0.3, -0.25) is 4.79 Å². The maximum absolute atomic E-state index is 13.3. The Morgan fingerprint density at radius 2 is 1.69 bits per heavy atom. The summed E-state index contributed by atoms with van der Waals surface area (Å²) in [6, 6.07) is 18.1. The lowest BCUT2D eigenvalue weighted by Crippen LogP contribution is -2.43. The van der Waals surface area contributed by atoms with Crippen LogP contribution in [0.4, 0.5) is 4.39 Å². The monoisotopic (exact) mass is 351 g/mol. The molecule has 0 aliphatic rings. The van der Waals surface area contributed by atoms with E-state index in [1.54, 1.807) is 6.07 Å². The number of aliphatic carboxylic acids is 1. The molecule has 3 aromatic carbocycles. The Labute approximate surface area is 150 Å². The van der Waals surface area contributed by atoms with E-state index in [-0.39, 0.29) is 18.7 Å². The van der Waals surface area contributed by atoms with Crippen molar-refractivity contribution in [3.05, 3.63) is 83.7 Å². The normalized spacial score (nSPS) is 11.9. The van der Waals surface area contributed by atoms with Crippen LogP contribution in [0, 0.1) is 5.82 Å². The first-order chi connectivity index (χ1) is 12.5. The Balaban J connectivity index is 1.68. The summed E-state index contributed by atoms with van der Waals surface area (Å²) >= 11 is 0. The van der Waals surface area contributed by atoms with E-state index in [9.17, 15) is 19.1 Å². The fourth-order valence-corrected chi connectivity index (χ4v) is 2.88. The van der Waals surface area contributed by atoms with Gasteiger partial charge in [-0.1, -0.05) is 54.6 Å². The predicted molar refractivity (Wildman–Crippen MR) is 97.3 cm³/mol. The molecule has 0 spiro atoms. The van der Waals surface area contributed by atoms with Crippen molar-refractivity contribution in [2.75, 3.05) is 0 Å². The third-order valence-electron chi connectivity index (χ3n) is 4.14. The van der Waals surface area contributed by atoms with Crippen LogP contribution >= 0.6 is 0 Å². The van der Waals surface area contributed by atoms with Gasteiger partial charge in [0.25, 0.3) is 0 Å². The lowest BCUT2D eigenvalue weighted by molar-refractivity contribution is -0.141. The van der Waals surface area contributed by atoms with E-state index in [2.05, 4.69) is 5.32 Å². The summed E-state index contributed by atoms with van der Waals surface area (Å²) in [4.78, 5) is 23.7. The van der Waals surface area contributed by atoms with Crippen molar-refractivity contribution in [3.63, 3.8) is 0 Å². The fraction of sp³-hybridized carbons (Fsp3) is 0.143. The molecule has 26 heavy (non-hydrogen) atoms. The van der Waals surface area contributed by atoms with E-state index in [1.807, 2.05) is 42.5 Å². The highest BCUT2D eigenvalue weighted by Gasteiger charge is 2.20. The summed E-state index contributed by atoms with van der Waals surface area (Å²) in [5.41, 5.74) is 1.32. The zero-order valence-corrected chi connectivity index (χ0v) is 14.0. The molecule has 4 nitrogen and oxygen atoms in total. The van der Waals surface area contributed by atoms with Gasteiger partial charge in [-0.15, -0.1) is 0 Å². The van der Waals surface area contributed by atoms with Gasteiger partial charge in [-0.25, -0.2) is 9.18 Å². The van der Waals surface area contributed by atoms with Crippen molar-refractivity contribution in [2.24, 2.45) is 0 Å². The van der Waals surface area contributed by atoms with Crippen LogP contribution in [0.3, 0.4) is 0 Å². The molecule has 3 aromatic rings. The van der Waals surface area contributed by atoms with Gasteiger partial charge in [-0.05, 0) is 34.0 Å². The minimum Gasteiger partial charge on any atom is -0.480 e. The molecule has 132 valence electrons. The smallest absolute Gasteiger partial charge is 0.326 e. The number of carbonyl (C=O) groups is 2. The summed E-state index contributed by atoms with van der Waals surface area (Å²) in [6.07, 6.45) is 0.105. The van der Waals surface area contributed by atoms with Gasteiger partial charge >= 0.3 is 5.97 Å². The zero-order valence-electron chi connectivity index (χ0n) is 14.0. The number of benzene rings is 3. The first-order valence-corrected chi connectivity index (χ1v) is 8.25.